The van der Waals surface area contributed by atoms with Gasteiger partial charge in [-0.25, -0.2) is 13.4 Å². The van der Waals surface area contributed by atoms with Crippen LogP contribution in [0.1, 0.15) is 25.7 Å². The number of nitrogens with one attached hydrogen (secondary N) is 1. The van der Waals surface area contributed by atoms with Crippen molar-refractivity contribution in [1.29, 1.82) is 0 Å². The number of methoxy groups -OCH3 is 1. The van der Waals surface area contributed by atoms with Crippen LogP contribution >= 0.6 is 0 Å². The summed E-state index contributed by atoms with van der Waals surface area (Å²) in [5, 5.41) is 4.20. The molecule has 4 rings (SSSR count). The summed E-state index contributed by atoms with van der Waals surface area (Å²) < 4.78 is 35.9. The summed E-state index contributed by atoms with van der Waals surface area (Å²) in [6.45, 7) is 3.37. The number of benzene rings is 1. The van der Waals surface area contributed by atoms with E-state index in [1.807, 2.05) is 26.2 Å². The van der Waals surface area contributed by atoms with E-state index in [-0.39, 0.29) is 17.5 Å². The fourth-order valence-corrected chi connectivity index (χ4v) is 5.69. The Morgan fingerprint density at radius 3 is 2.66 bits per heavy atom. The molecular weight excluding hydrogens is 430 g/mol. The number of rotatable bonds is 9. The molecule has 2 fully saturated rings. The number of hydrogen-bond acceptors (Lipinski definition) is 9. The van der Waals surface area contributed by atoms with E-state index in [4.69, 9.17) is 19.4 Å². The van der Waals surface area contributed by atoms with Crippen molar-refractivity contribution in [3.8, 4) is 11.5 Å². The van der Waals surface area contributed by atoms with E-state index in [2.05, 4.69) is 15.1 Å². The minimum atomic E-state index is -3.03. The van der Waals surface area contributed by atoms with Gasteiger partial charge in [-0.15, -0.1) is 0 Å². The summed E-state index contributed by atoms with van der Waals surface area (Å²) in [4.78, 5) is 13.8. The van der Waals surface area contributed by atoms with E-state index in [0.29, 0.717) is 36.3 Å². The van der Waals surface area contributed by atoms with Crippen molar-refractivity contribution in [2.45, 2.75) is 31.7 Å². The molecule has 2 aromatic rings. The molecule has 3 heterocycles. The van der Waals surface area contributed by atoms with Gasteiger partial charge in [-0.05, 0) is 45.8 Å². The molecule has 0 amide bonds. The van der Waals surface area contributed by atoms with Crippen LogP contribution in [0.3, 0.4) is 0 Å². The van der Waals surface area contributed by atoms with Crippen LogP contribution in [0.25, 0.3) is 10.9 Å². The normalized spacial score (nSPS) is 20.2. The predicted molar refractivity (Wildman–Crippen MR) is 127 cm³/mol. The van der Waals surface area contributed by atoms with Crippen LogP contribution in [0.5, 0.6) is 11.5 Å². The van der Waals surface area contributed by atoms with Gasteiger partial charge in [0.25, 0.3) is 0 Å². The van der Waals surface area contributed by atoms with Gasteiger partial charge >= 0.3 is 0 Å². The first-order valence-corrected chi connectivity index (χ1v) is 13.1. The highest BCUT2D eigenvalue weighted by atomic mass is 32.2. The molecule has 0 radical (unpaired) electrons. The molecule has 0 aliphatic carbocycles. The Kier molecular flexibility index (Phi) is 6.90. The largest absolute Gasteiger partial charge is 0.493 e. The molecule has 32 heavy (non-hydrogen) atoms. The van der Waals surface area contributed by atoms with Crippen molar-refractivity contribution in [2.24, 2.45) is 0 Å². The maximum atomic E-state index is 12.1. The SMILES string of the molecule is COc1cc2c(NC3CCCS(=O)(=O)C3)nc(N3CCC3)nc2cc1OCCCN(C)C. The molecule has 1 aromatic carbocycles. The van der Waals surface area contributed by atoms with Gasteiger partial charge in [-0.3, -0.25) is 0 Å². The third-order valence-corrected chi connectivity index (χ3v) is 7.74. The first-order valence-electron chi connectivity index (χ1n) is 11.2. The molecule has 2 aliphatic rings. The Balaban J connectivity index is 1.66. The lowest BCUT2D eigenvalue weighted by atomic mass is 10.1. The number of anilines is 2. The van der Waals surface area contributed by atoms with E-state index in [1.165, 1.54) is 0 Å². The lowest BCUT2D eigenvalue weighted by molar-refractivity contribution is 0.268. The average molecular weight is 464 g/mol. The second-order valence-corrected chi connectivity index (χ2v) is 11.1. The van der Waals surface area contributed by atoms with Gasteiger partial charge in [0.2, 0.25) is 5.95 Å². The van der Waals surface area contributed by atoms with Gasteiger partial charge in [-0.2, -0.15) is 4.98 Å². The molecule has 2 saturated heterocycles. The monoisotopic (exact) mass is 463 g/mol. The van der Waals surface area contributed by atoms with E-state index < -0.39 is 9.84 Å². The van der Waals surface area contributed by atoms with Crippen LogP contribution in [-0.4, -0.2) is 88.3 Å². The number of aromatic nitrogens is 2. The van der Waals surface area contributed by atoms with Crippen LogP contribution in [0.15, 0.2) is 12.1 Å². The molecular formula is C22H33N5O4S. The molecule has 0 spiro atoms. The fourth-order valence-electron chi connectivity index (χ4n) is 4.06. The number of nitrogens with zero attached hydrogens (tertiary/aromatic N) is 4. The minimum Gasteiger partial charge on any atom is -0.493 e. The first-order chi connectivity index (χ1) is 15.3. The van der Waals surface area contributed by atoms with E-state index in [9.17, 15) is 8.42 Å². The topological polar surface area (TPSA) is 96.9 Å². The number of ether oxygens (including phenoxy) is 2. The van der Waals surface area contributed by atoms with E-state index in [1.54, 1.807) is 7.11 Å². The van der Waals surface area contributed by atoms with Crippen molar-refractivity contribution in [3.05, 3.63) is 12.1 Å². The number of fused-ring (bicyclic) bond motifs is 1. The van der Waals surface area contributed by atoms with Gasteiger partial charge < -0.3 is 24.6 Å². The second kappa shape index (κ2) is 9.66. The Morgan fingerprint density at radius 1 is 1.19 bits per heavy atom. The molecule has 9 nitrogen and oxygen atoms in total. The van der Waals surface area contributed by atoms with Gasteiger partial charge in [-0.1, -0.05) is 0 Å². The zero-order valence-electron chi connectivity index (χ0n) is 19.1. The third kappa shape index (κ3) is 5.35. The second-order valence-electron chi connectivity index (χ2n) is 8.84. The zero-order chi connectivity index (χ0) is 22.7. The fraction of sp³-hybridized carbons (Fsp3) is 0.636. The van der Waals surface area contributed by atoms with Crippen molar-refractivity contribution in [3.63, 3.8) is 0 Å². The maximum absolute atomic E-state index is 12.1. The highest BCUT2D eigenvalue weighted by Gasteiger charge is 2.27. The molecule has 1 unspecified atom stereocenters. The quantitative estimate of drug-likeness (QED) is 0.561. The van der Waals surface area contributed by atoms with E-state index in [0.717, 1.165) is 49.8 Å². The molecule has 0 saturated carbocycles. The maximum Gasteiger partial charge on any atom is 0.227 e. The Labute approximate surface area is 190 Å². The van der Waals surface area contributed by atoms with Gasteiger partial charge in [0.05, 0.1) is 30.7 Å². The average Bonchev–Trinajstić information content (AvgIpc) is 2.68. The highest BCUT2D eigenvalue weighted by Crippen LogP contribution is 2.36. The molecule has 176 valence electrons. The minimum absolute atomic E-state index is 0.127. The van der Waals surface area contributed by atoms with Crippen LogP contribution in [-0.2, 0) is 9.84 Å². The zero-order valence-corrected chi connectivity index (χ0v) is 19.9. The Hall–Kier alpha value is -2.33. The lowest BCUT2D eigenvalue weighted by Gasteiger charge is -2.32. The molecule has 1 atom stereocenters. The van der Waals surface area contributed by atoms with E-state index >= 15 is 0 Å². The molecule has 2 aliphatic heterocycles. The van der Waals surface area contributed by atoms with Crippen molar-refractivity contribution < 1.29 is 17.9 Å². The molecule has 10 heteroatoms. The van der Waals surface area contributed by atoms with Crippen molar-refractivity contribution >= 4 is 32.5 Å². The van der Waals surface area contributed by atoms with Crippen LogP contribution in [0.4, 0.5) is 11.8 Å². The summed E-state index contributed by atoms with van der Waals surface area (Å²) in [5.74, 6) is 2.96. The van der Waals surface area contributed by atoms with Crippen molar-refractivity contribution in [2.75, 3.05) is 69.2 Å². The van der Waals surface area contributed by atoms with Gasteiger partial charge in [0, 0.05) is 37.1 Å². The number of hydrogen-bond donors (Lipinski definition) is 1. The van der Waals surface area contributed by atoms with Crippen LogP contribution < -0.4 is 19.7 Å². The summed E-state index contributed by atoms with van der Waals surface area (Å²) in [5.41, 5.74) is 0.756. The predicted octanol–water partition coefficient (Wildman–Crippen LogP) is 2.17. The standard InChI is InChI=1S/C22H33N5O4S/c1-26(2)8-6-11-31-20-14-18-17(13-19(20)30-3)21(25-22(24-18)27-9-5-10-27)23-16-7-4-12-32(28,29)15-16/h13-14,16H,4-12,15H2,1-3H3,(H,23,24,25). The highest BCUT2D eigenvalue weighted by molar-refractivity contribution is 7.91. The number of sulfone groups is 1. The van der Waals surface area contributed by atoms with Gasteiger partial charge in [0.15, 0.2) is 21.3 Å². The van der Waals surface area contributed by atoms with Crippen LogP contribution in [0.2, 0.25) is 0 Å². The summed E-state index contributed by atoms with van der Waals surface area (Å²) in [7, 11) is 2.66. The first kappa shape index (κ1) is 22.8. The summed E-state index contributed by atoms with van der Waals surface area (Å²) in [6, 6.07) is 3.62. The summed E-state index contributed by atoms with van der Waals surface area (Å²) >= 11 is 0. The molecule has 1 N–H and O–H groups in total. The molecule has 1 aromatic heterocycles. The van der Waals surface area contributed by atoms with Crippen LogP contribution in [0, 0.1) is 0 Å². The Morgan fingerprint density at radius 2 is 2.00 bits per heavy atom. The van der Waals surface area contributed by atoms with Crippen molar-refractivity contribution in [1.82, 2.24) is 14.9 Å². The smallest absolute Gasteiger partial charge is 0.227 e. The third-order valence-electron chi connectivity index (χ3n) is 5.92. The summed E-state index contributed by atoms with van der Waals surface area (Å²) in [6.07, 6.45) is 3.48. The Bertz CT molecular complexity index is 1060. The van der Waals surface area contributed by atoms with Gasteiger partial charge in [0.1, 0.15) is 5.82 Å². The lowest BCUT2D eigenvalue weighted by Crippen LogP contribution is -2.39. The molecule has 0 bridgehead atoms.